The van der Waals surface area contributed by atoms with Gasteiger partial charge in [-0.2, -0.15) is 0 Å². The first-order valence-electron chi connectivity index (χ1n) is 6.89. The number of nitrogens with one attached hydrogen (secondary N) is 1. The molecule has 1 aliphatic carbocycles. The summed E-state index contributed by atoms with van der Waals surface area (Å²) in [5.41, 5.74) is 0.0643. The maximum atomic E-state index is 13.7. The van der Waals surface area contributed by atoms with Gasteiger partial charge in [0.2, 0.25) is 0 Å². The van der Waals surface area contributed by atoms with Crippen LogP contribution >= 0.6 is 12.6 Å². The quantitative estimate of drug-likeness (QED) is 0.837. The summed E-state index contributed by atoms with van der Waals surface area (Å²) in [7, 11) is 4.07. The van der Waals surface area contributed by atoms with E-state index < -0.39 is 5.82 Å². The molecule has 0 atom stereocenters. The van der Waals surface area contributed by atoms with Crippen LogP contribution in [0.5, 0.6) is 0 Å². The van der Waals surface area contributed by atoms with Crippen molar-refractivity contribution in [3.05, 3.63) is 29.6 Å². The zero-order chi connectivity index (χ0) is 14.8. The van der Waals surface area contributed by atoms with Gasteiger partial charge in [-0.3, -0.25) is 4.79 Å². The predicted octanol–water partition coefficient (Wildman–Crippen LogP) is 2.72. The van der Waals surface area contributed by atoms with Crippen molar-refractivity contribution < 1.29 is 9.18 Å². The number of amides is 1. The second-order valence-electron chi connectivity index (χ2n) is 5.67. The number of hydrogen-bond donors (Lipinski definition) is 2. The normalized spacial score (nSPS) is 17.4. The largest absolute Gasteiger partial charge is 0.350 e. The Kier molecular flexibility index (Phi) is 4.70. The first-order valence-corrected chi connectivity index (χ1v) is 7.33. The van der Waals surface area contributed by atoms with Crippen molar-refractivity contribution in [2.45, 2.75) is 36.1 Å². The third-order valence-electron chi connectivity index (χ3n) is 4.26. The molecule has 0 radical (unpaired) electrons. The number of nitrogens with zero attached hydrogens (tertiary/aromatic N) is 1. The van der Waals surface area contributed by atoms with Gasteiger partial charge in [-0.1, -0.05) is 12.8 Å². The fraction of sp³-hybridized carbons (Fsp3) is 0.533. The van der Waals surface area contributed by atoms with Gasteiger partial charge in [0.05, 0.1) is 5.56 Å². The molecule has 1 aliphatic rings. The van der Waals surface area contributed by atoms with Gasteiger partial charge in [-0.15, -0.1) is 12.6 Å². The summed E-state index contributed by atoms with van der Waals surface area (Å²) >= 11 is 4.15. The molecule has 1 aromatic carbocycles. The highest BCUT2D eigenvalue weighted by Crippen LogP contribution is 2.33. The lowest BCUT2D eigenvalue weighted by Gasteiger charge is -2.36. The van der Waals surface area contributed by atoms with Crippen LogP contribution in [-0.2, 0) is 0 Å². The molecule has 1 aromatic rings. The van der Waals surface area contributed by atoms with Gasteiger partial charge < -0.3 is 10.2 Å². The van der Waals surface area contributed by atoms with Crippen LogP contribution in [0.2, 0.25) is 0 Å². The van der Waals surface area contributed by atoms with Crippen molar-refractivity contribution in [1.29, 1.82) is 0 Å². The predicted molar refractivity (Wildman–Crippen MR) is 80.9 cm³/mol. The van der Waals surface area contributed by atoms with Crippen LogP contribution in [0.25, 0.3) is 0 Å². The highest BCUT2D eigenvalue weighted by Gasteiger charge is 2.36. The number of rotatable bonds is 4. The van der Waals surface area contributed by atoms with E-state index in [9.17, 15) is 9.18 Å². The molecule has 0 aromatic heterocycles. The van der Waals surface area contributed by atoms with Gasteiger partial charge >= 0.3 is 0 Å². The molecule has 1 N–H and O–H groups in total. The van der Waals surface area contributed by atoms with Gasteiger partial charge in [0, 0.05) is 17.0 Å². The van der Waals surface area contributed by atoms with E-state index in [0.29, 0.717) is 11.4 Å². The lowest BCUT2D eigenvalue weighted by atomic mass is 9.96. The molecule has 1 fully saturated rings. The second kappa shape index (κ2) is 6.14. The van der Waals surface area contributed by atoms with Crippen molar-refractivity contribution >= 4 is 18.5 Å². The van der Waals surface area contributed by atoms with Gasteiger partial charge in [-0.05, 0) is 45.1 Å². The van der Waals surface area contributed by atoms with Crippen molar-refractivity contribution in [3.8, 4) is 0 Å². The molecule has 20 heavy (non-hydrogen) atoms. The Morgan fingerprint density at radius 3 is 2.65 bits per heavy atom. The average Bonchev–Trinajstić information content (AvgIpc) is 2.89. The summed E-state index contributed by atoms with van der Waals surface area (Å²) in [6.07, 6.45) is 4.48. The van der Waals surface area contributed by atoms with Gasteiger partial charge in [0.15, 0.2) is 0 Å². The number of benzene rings is 1. The lowest BCUT2D eigenvalue weighted by Crippen LogP contribution is -2.50. The van der Waals surface area contributed by atoms with E-state index in [0.717, 1.165) is 12.8 Å². The monoisotopic (exact) mass is 296 g/mol. The molecule has 3 nitrogen and oxygen atoms in total. The molecule has 0 aliphatic heterocycles. The molecule has 0 bridgehead atoms. The first kappa shape index (κ1) is 15.3. The minimum absolute atomic E-state index is 0.00467. The number of carbonyl (C=O) groups is 1. The average molecular weight is 296 g/mol. The number of thiol groups is 1. The highest BCUT2D eigenvalue weighted by atomic mass is 32.1. The SMILES string of the molecule is CN(C)C1(CNC(=O)c2cc(S)ccc2F)CCCC1. The van der Waals surface area contributed by atoms with Crippen LogP contribution in [-0.4, -0.2) is 37.0 Å². The van der Waals surface area contributed by atoms with Crippen molar-refractivity contribution in [3.63, 3.8) is 0 Å². The van der Waals surface area contributed by atoms with Gasteiger partial charge in [0.25, 0.3) is 5.91 Å². The molecule has 0 unspecified atom stereocenters. The molecule has 0 heterocycles. The molecular weight excluding hydrogens is 275 g/mol. The second-order valence-corrected chi connectivity index (χ2v) is 6.19. The van der Waals surface area contributed by atoms with Gasteiger partial charge in [-0.25, -0.2) is 4.39 Å². The molecule has 5 heteroatoms. The third kappa shape index (κ3) is 3.15. The van der Waals surface area contributed by atoms with Gasteiger partial charge in [0.1, 0.15) is 5.82 Å². The van der Waals surface area contributed by atoms with Crippen LogP contribution < -0.4 is 5.32 Å². The number of likely N-dealkylation sites (N-methyl/N-ethyl adjacent to an activating group) is 1. The van der Waals surface area contributed by atoms with E-state index in [1.165, 1.54) is 31.0 Å². The fourth-order valence-corrected chi connectivity index (χ4v) is 3.05. The summed E-state index contributed by atoms with van der Waals surface area (Å²) in [5, 5.41) is 2.88. The minimum atomic E-state index is -0.509. The van der Waals surface area contributed by atoms with E-state index in [1.807, 2.05) is 14.1 Å². The standard InChI is InChI=1S/C15H21FN2OS/c1-18(2)15(7-3-4-8-15)10-17-14(19)12-9-11(20)5-6-13(12)16/h5-6,9,20H,3-4,7-8,10H2,1-2H3,(H,17,19). The molecule has 110 valence electrons. The maximum Gasteiger partial charge on any atom is 0.254 e. The van der Waals surface area contributed by atoms with E-state index in [2.05, 4.69) is 22.8 Å². The molecule has 0 spiro atoms. The Balaban J connectivity index is 2.06. The van der Waals surface area contributed by atoms with Crippen molar-refractivity contribution in [1.82, 2.24) is 10.2 Å². The van der Waals surface area contributed by atoms with Crippen LogP contribution in [0, 0.1) is 5.82 Å². The van der Waals surface area contributed by atoms with E-state index in [4.69, 9.17) is 0 Å². The van der Waals surface area contributed by atoms with Crippen molar-refractivity contribution in [2.75, 3.05) is 20.6 Å². The summed E-state index contributed by atoms with van der Waals surface area (Å²) in [5.74, 6) is -0.878. The van der Waals surface area contributed by atoms with Crippen molar-refractivity contribution in [2.24, 2.45) is 0 Å². The lowest BCUT2D eigenvalue weighted by molar-refractivity contribution is 0.0896. The van der Waals surface area contributed by atoms with Crippen LogP contribution in [0.4, 0.5) is 4.39 Å². The molecule has 0 saturated heterocycles. The molecule has 2 rings (SSSR count). The minimum Gasteiger partial charge on any atom is -0.350 e. The Hall–Kier alpha value is -1.07. The summed E-state index contributed by atoms with van der Waals surface area (Å²) in [6.45, 7) is 0.551. The maximum absolute atomic E-state index is 13.7. The number of hydrogen-bond acceptors (Lipinski definition) is 3. The Morgan fingerprint density at radius 2 is 2.05 bits per heavy atom. The zero-order valence-corrected chi connectivity index (χ0v) is 12.8. The Bertz CT molecular complexity index is 499. The molecule has 1 amide bonds. The summed E-state index contributed by atoms with van der Waals surface area (Å²) in [6, 6.07) is 4.27. The smallest absolute Gasteiger partial charge is 0.254 e. The van der Waals surface area contributed by atoms with E-state index in [1.54, 1.807) is 0 Å². The van der Waals surface area contributed by atoms with E-state index >= 15 is 0 Å². The highest BCUT2D eigenvalue weighted by molar-refractivity contribution is 7.80. The van der Waals surface area contributed by atoms with E-state index in [-0.39, 0.29) is 17.0 Å². The first-order chi connectivity index (χ1) is 9.44. The third-order valence-corrected chi connectivity index (χ3v) is 4.53. The van der Waals surface area contributed by atoms with Crippen LogP contribution in [0.1, 0.15) is 36.0 Å². The Morgan fingerprint density at radius 1 is 1.40 bits per heavy atom. The van der Waals surface area contributed by atoms with Crippen LogP contribution in [0.3, 0.4) is 0 Å². The topological polar surface area (TPSA) is 32.3 Å². The Labute approximate surface area is 125 Å². The fourth-order valence-electron chi connectivity index (χ4n) is 2.84. The zero-order valence-electron chi connectivity index (χ0n) is 11.9. The number of carbonyl (C=O) groups excluding carboxylic acids is 1. The number of halogens is 1. The van der Waals surface area contributed by atoms with Crippen LogP contribution in [0.15, 0.2) is 23.1 Å². The molecule has 1 saturated carbocycles. The summed E-state index contributed by atoms with van der Waals surface area (Å²) in [4.78, 5) is 14.9. The summed E-state index contributed by atoms with van der Waals surface area (Å²) < 4.78 is 13.7. The molecular formula is C15H21FN2OS.